The second-order valence-electron chi connectivity index (χ2n) is 4.61. The summed E-state index contributed by atoms with van der Waals surface area (Å²) in [5.74, 6) is 0.709. The van der Waals surface area contributed by atoms with Gasteiger partial charge in [-0.3, -0.25) is 0 Å². The fraction of sp³-hybridized carbons (Fsp3) is 0.692. The molecule has 1 fully saturated rings. The second kappa shape index (κ2) is 6.07. The van der Waals surface area contributed by atoms with Crippen LogP contribution in [0.2, 0.25) is 0 Å². The van der Waals surface area contributed by atoms with E-state index in [1.807, 2.05) is 6.92 Å². The van der Waals surface area contributed by atoms with Gasteiger partial charge in [0, 0.05) is 12.8 Å². The van der Waals surface area contributed by atoms with Crippen molar-refractivity contribution in [1.82, 2.24) is 9.97 Å². The van der Waals surface area contributed by atoms with Gasteiger partial charge in [-0.15, -0.1) is 0 Å². The molecular formula is C13H20N2O2. The molecule has 2 unspecified atom stereocenters. The zero-order valence-electron chi connectivity index (χ0n) is 10.3. The van der Waals surface area contributed by atoms with Gasteiger partial charge in [0.2, 0.25) is 0 Å². The van der Waals surface area contributed by atoms with Gasteiger partial charge in [-0.1, -0.05) is 0 Å². The van der Waals surface area contributed by atoms with Crippen LogP contribution in [-0.2, 0) is 4.74 Å². The zero-order chi connectivity index (χ0) is 12.1. The van der Waals surface area contributed by atoms with Gasteiger partial charge >= 0.3 is 0 Å². The van der Waals surface area contributed by atoms with E-state index in [1.165, 1.54) is 12.8 Å². The van der Waals surface area contributed by atoms with Crippen LogP contribution in [0.3, 0.4) is 0 Å². The summed E-state index contributed by atoms with van der Waals surface area (Å²) >= 11 is 0. The largest absolute Gasteiger partial charge is 0.387 e. The molecule has 0 radical (unpaired) electrons. The zero-order valence-corrected chi connectivity index (χ0v) is 10.3. The number of aryl methyl sites for hydroxylation is 1. The van der Waals surface area contributed by atoms with Crippen LogP contribution in [0.5, 0.6) is 0 Å². The van der Waals surface area contributed by atoms with Crippen molar-refractivity contribution >= 4 is 0 Å². The van der Waals surface area contributed by atoms with Gasteiger partial charge in [0.15, 0.2) is 0 Å². The Kier molecular flexibility index (Phi) is 4.45. The summed E-state index contributed by atoms with van der Waals surface area (Å²) in [4.78, 5) is 8.25. The molecule has 1 aliphatic heterocycles. The molecule has 0 aliphatic carbocycles. The lowest BCUT2D eigenvalue weighted by molar-refractivity contribution is 0.0939. The number of rotatable bonds is 5. The molecule has 94 valence electrons. The topological polar surface area (TPSA) is 55.2 Å². The van der Waals surface area contributed by atoms with E-state index < -0.39 is 6.10 Å². The first-order chi connectivity index (χ1) is 8.25. The highest BCUT2D eigenvalue weighted by atomic mass is 16.5. The van der Waals surface area contributed by atoms with E-state index in [2.05, 4.69) is 9.97 Å². The standard InChI is InChI=1S/C13H20N2O2/c1-10-14-8-7-12(15-10)13(16)6-2-4-11-5-3-9-17-11/h7-8,11,13,16H,2-6,9H2,1H3. The Morgan fingerprint density at radius 1 is 1.59 bits per heavy atom. The predicted octanol–water partition coefficient (Wildman–Crippen LogP) is 2.17. The Hall–Kier alpha value is -1.00. The summed E-state index contributed by atoms with van der Waals surface area (Å²) in [6.07, 6.45) is 6.75. The van der Waals surface area contributed by atoms with E-state index in [0.717, 1.165) is 31.6 Å². The quantitative estimate of drug-likeness (QED) is 0.851. The molecule has 0 bridgehead atoms. The maximum absolute atomic E-state index is 9.99. The monoisotopic (exact) mass is 236 g/mol. The molecule has 0 amide bonds. The van der Waals surface area contributed by atoms with Gasteiger partial charge in [-0.05, 0) is 45.1 Å². The number of aliphatic hydroxyl groups excluding tert-OH is 1. The number of nitrogens with zero attached hydrogens (tertiary/aromatic N) is 2. The van der Waals surface area contributed by atoms with Gasteiger partial charge in [0.1, 0.15) is 5.82 Å². The number of hydrogen-bond donors (Lipinski definition) is 1. The Balaban J connectivity index is 1.74. The summed E-state index contributed by atoms with van der Waals surface area (Å²) in [5, 5.41) is 9.99. The van der Waals surface area contributed by atoms with Crippen LogP contribution in [0.4, 0.5) is 0 Å². The molecule has 1 saturated heterocycles. The average molecular weight is 236 g/mol. The molecule has 4 heteroatoms. The molecule has 2 heterocycles. The molecule has 1 aliphatic rings. The van der Waals surface area contributed by atoms with Gasteiger partial charge in [-0.2, -0.15) is 0 Å². The average Bonchev–Trinajstić information content (AvgIpc) is 2.82. The van der Waals surface area contributed by atoms with E-state index in [9.17, 15) is 5.11 Å². The lowest BCUT2D eigenvalue weighted by Crippen LogP contribution is -2.07. The van der Waals surface area contributed by atoms with Gasteiger partial charge in [-0.25, -0.2) is 9.97 Å². The maximum Gasteiger partial charge on any atom is 0.125 e. The van der Waals surface area contributed by atoms with Gasteiger partial charge in [0.05, 0.1) is 17.9 Å². The van der Waals surface area contributed by atoms with E-state index >= 15 is 0 Å². The van der Waals surface area contributed by atoms with Crippen LogP contribution in [0, 0.1) is 6.92 Å². The van der Waals surface area contributed by atoms with Crippen LogP contribution >= 0.6 is 0 Å². The Morgan fingerprint density at radius 3 is 3.18 bits per heavy atom. The molecule has 1 aromatic rings. The Labute approximate surface area is 102 Å². The SMILES string of the molecule is Cc1nccc(C(O)CCCC2CCCO2)n1. The van der Waals surface area contributed by atoms with E-state index in [-0.39, 0.29) is 0 Å². The summed E-state index contributed by atoms with van der Waals surface area (Å²) in [6.45, 7) is 2.74. The molecule has 17 heavy (non-hydrogen) atoms. The van der Waals surface area contributed by atoms with Crippen molar-refractivity contribution in [1.29, 1.82) is 0 Å². The normalized spacial score (nSPS) is 21.6. The van der Waals surface area contributed by atoms with E-state index in [1.54, 1.807) is 12.3 Å². The van der Waals surface area contributed by atoms with Crippen LogP contribution in [-0.4, -0.2) is 27.8 Å². The predicted molar refractivity (Wildman–Crippen MR) is 64.6 cm³/mol. The third-order valence-corrected chi connectivity index (χ3v) is 3.17. The number of aliphatic hydroxyl groups is 1. The molecule has 1 aromatic heterocycles. The Bertz CT molecular complexity index is 351. The minimum Gasteiger partial charge on any atom is -0.387 e. The van der Waals surface area contributed by atoms with E-state index in [0.29, 0.717) is 11.9 Å². The van der Waals surface area contributed by atoms with Crippen molar-refractivity contribution in [3.8, 4) is 0 Å². The van der Waals surface area contributed by atoms with E-state index in [4.69, 9.17) is 4.74 Å². The smallest absolute Gasteiger partial charge is 0.125 e. The minimum absolute atomic E-state index is 0.411. The molecule has 0 spiro atoms. The third-order valence-electron chi connectivity index (χ3n) is 3.17. The fourth-order valence-corrected chi connectivity index (χ4v) is 2.22. The first-order valence-corrected chi connectivity index (χ1v) is 6.35. The molecule has 0 aromatic carbocycles. The van der Waals surface area contributed by atoms with Crippen molar-refractivity contribution in [3.63, 3.8) is 0 Å². The fourth-order valence-electron chi connectivity index (χ4n) is 2.22. The van der Waals surface area contributed by atoms with Gasteiger partial charge < -0.3 is 9.84 Å². The van der Waals surface area contributed by atoms with Gasteiger partial charge in [0.25, 0.3) is 0 Å². The van der Waals surface area contributed by atoms with Crippen LogP contribution in [0.1, 0.15) is 49.7 Å². The molecular weight excluding hydrogens is 216 g/mol. The molecule has 2 rings (SSSR count). The van der Waals surface area contributed by atoms with Crippen molar-refractivity contribution in [2.45, 2.75) is 51.2 Å². The number of ether oxygens (including phenoxy) is 1. The van der Waals surface area contributed by atoms with Crippen LogP contribution < -0.4 is 0 Å². The van der Waals surface area contributed by atoms with Crippen molar-refractivity contribution < 1.29 is 9.84 Å². The van der Waals surface area contributed by atoms with Crippen LogP contribution in [0.25, 0.3) is 0 Å². The molecule has 1 N–H and O–H groups in total. The number of hydrogen-bond acceptors (Lipinski definition) is 4. The minimum atomic E-state index is -0.474. The summed E-state index contributed by atoms with van der Waals surface area (Å²) < 4.78 is 5.55. The Morgan fingerprint density at radius 2 is 2.47 bits per heavy atom. The summed E-state index contributed by atoms with van der Waals surface area (Å²) in [7, 11) is 0. The summed E-state index contributed by atoms with van der Waals surface area (Å²) in [5.41, 5.74) is 0.727. The highest BCUT2D eigenvalue weighted by molar-refractivity contribution is 5.04. The highest BCUT2D eigenvalue weighted by Gasteiger charge is 2.16. The highest BCUT2D eigenvalue weighted by Crippen LogP contribution is 2.22. The first-order valence-electron chi connectivity index (χ1n) is 6.35. The third kappa shape index (κ3) is 3.75. The second-order valence-corrected chi connectivity index (χ2v) is 4.61. The van der Waals surface area contributed by atoms with Crippen molar-refractivity contribution in [3.05, 3.63) is 23.8 Å². The van der Waals surface area contributed by atoms with Crippen molar-refractivity contribution in [2.24, 2.45) is 0 Å². The van der Waals surface area contributed by atoms with Crippen LogP contribution in [0.15, 0.2) is 12.3 Å². The molecule has 4 nitrogen and oxygen atoms in total. The number of aromatic nitrogens is 2. The van der Waals surface area contributed by atoms with Crippen molar-refractivity contribution in [2.75, 3.05) is 6.61 Å². The molecule has 0 saturated carbocycles. The lowest BCUT2D eigenvalue weighted by atomic mass is 10.0. The molecule has 2 atom stereocenters. The lowest BCUT2D eigenvalue weighted by Gasteiger charge is -2.12. The first kappa shape index (κ1) is 12.5. The summed E-state index contributed by atoms with van der Waals surface area (Å²) in [6, 6.07) is 1.78. The maximum atomic E-state index is 9.99.